The maximum absolute atomic E-state index is 12.5. The van der Waals surface area contributed by atoms with Crippen molar-refractivity contribution in [2.24, 2.45) is 5.92 Å². The number of fused-ring (bicyclic) bond motifs is 1. The zero-order chi connectivity index (χ0) is 22.2. The van der Waals surface area contributed by atoms with E-state index < -0.39 is 51.5 Å². The summed E-state index contributed by atoms with van der Waals surface area (Å²) in [5, 5.41) is 18.6. The van der Waals surface area contributed by atoms with E-state index in [0.29, 0.717) is 5.56 Å². The van der Waals surface area contributed by atoms with Crippen LogP contribution in [0.5, 0.6) is 0 Å². The van der Waals surface area contributed by atoms with Gasteiger partial charge in [-0.1, -0.05) is 18.3 Å². The lowest BCUT2D eigenvalue weighted by Gasteiger charge is -2.52. The molecule has 1 amide bonds. The van der Waals surface area contributed by atoms with Crippen LogP contribution in [0.15, 0.2) is 36.4 Å². The number of carboxylic acids is 1. The zero-order valence-corrected chi connectivity index (χ0v) is 16.4. The normalized spacial score (nSPS) is 23.8. The first-order chi connectivity index (χ1) is 14.1. The summed E-state index contributed by atoms with van der Waals surface area (Å²) in [6.07, 6.45) is -2.04. The Labute approximate surface area is 173 Å². The molecule has 1 aromatic carbocycles. The number of carboxylic acid groups (broad SMARTS) is 1. The van der Waals surface area contributed by atoms with Crippen molar-refractivity contribution in [3.63, 3.8) is 0 Å². The molecule has 0 saturated carbocycles. The standard InChI is InChI=1S/C18H16N2O9S/c1-8-13(16(22)23)19-14(21)12(15(19)30-17(8)24)9(2)29-18(25)28-7-10-3-5-11(6-4-10)20(26)27/h3-6,9,12-13,15H,1,7H2,2H3,(H,22,23)/t9-,12+,13?,15+/m1/s1. The monoisotopic (exact) mass is 436 g/mol. The van der Waals surface area contributed by atoms with Crippen molar-refractivity contribution in [3.8, 4) is 0 Å². The fraction of sp³-hybridized carbons (Fsp3) is 0.333. The van der Waals surface area contributed by atoms with Crippen molar-refractivity contribution < 1.29 is 38.7 Å². The number of rotatable bonds is 6. The van der Waals surface area contributed by atoms with E-state index in [9.17, 15) is 34.4 Å². The summed E-state index contributed by atoms with van der Waals surface area (Å²) in [5.41, 5.74) is 0.198. The fourth-order valence-corrected chi connectivity index (χ4v) is 4.50. The molecule has 1 N–H and O–H groups in total. The number of carbonyl (C=O) groups is 4. The van der Waals surface area contributed by atoms with Gasteiger partial charge in [-0.3, -0.25) is 19.7 Å². The highest BCUT2D eigenvalue weighted by Crippen LogP contribution is 2.46. The third kappa shape index (κ3) is 3.85. The van der Waals surface area contributed by atoms with Gasteiger partial charge in [-0.25, -0.2) is 9.59 Å². The molecule has 1 aromatic rings. The third-order valence-electron chi connectivity index (χ3n) is 4.74. The van der Waals surface area contributed by atoms with Gasteiger partial charge in [0.2, 0.25) is 11.0 Å². The van der Waals surface area contributed by atoms with Crippen molar-refractivity contribution in [3.05, 3.63) is 52.1 Å². The van der Waals surface area contributed by atoms with E-state index in [1.54, 1.807) is 0 Å². The molecule has 1 unspecified atom stereocenters. The van der Waals surface area contributed by atoms with Gasteiger partial charge in [-0.2, -0.15) is 0 Å². The second-order valence-electron chi connectivity index (χ2n) is 6.62. The molecule has 3 rings (SSSR count). The van der Waals surface area contributed by atoms with Gasteiger partial charge in [0.15, 0.2) is 6.04 Å². The number of non-ortho nitro benzene ring substituents is 1. The Balaban J connectivity index is 1.57. The van der Waals surface area contributed by atoms with E-state index in [-0.39, 0.29) is 17.9 Å². The number of β-lactam (4-membered cyclic amide) rings is 1. The van der Waals surface area contributed by atoms with Crippen LogP contribution in [0, 0.1) is 16.0 Å². The van der Waals surface area contributed by atoms with Gasteiger partial charge in [0.25, 0.3) is 5.69 Å². The summed E-state index contributed by atoms with van der Waals surface area (Å²) in [6, 6.07) is 3.93. The molecule has 0 aromatic heterocycles. The predicted molar refractivity (Wildman–Crippen MR) is 101 cm³/mol. The summed E-state index contributed by atoms with van der Waals surface area (Å²) in [7, 11) is 0. The molecule has 2 aliphatic heterocycles. The first-order valence-corrected chi connectivity index (χ1v) is 9.51. The average molecular weight is 436 g/mol. The highest BCUT2D eigenvalue weighted by molar-refractivity contribution is 8.14. The van der Waals surface area contributed by atoms with Gasteiger partial charge in [0.1, 0.15) is 24.0 Å². The van der Waals surface area contributed by atoms with E-state index in [2.05, 4.69) is 6.58 Å². The number of aliphatic carboxylic acids is 1. The van der Waals surface area contributed by atoms with Crippen LogP contribution >= 0.6 is 11.8 Å². The lowest BCUT2D eigenvalue weighted by atomic mass is 9.89. The van der Waals surface area contributed by atoms with Crippen LogP contribution in [0.2, 0.25) is 0 Å². The van der Waals surface area contributed by atoms with E-state index in [4.69, 9.17) is 9.47 Å². The number of hydrogen-bond acceptors (Lipinski definition) is 9. The van der Waals surface area contributed by atoms with Gasteiger partial charge in [-0.15, -0.1) is 0 Å². The number of carbonyl (C=O) groups excluding carboxylic acids is 3. The topological polar surface area (TPSA) is 153 Å². The summed E-state index contributed by atoms with van der Waals surface area (Å²) in [5.74, 6) is -2.83. The fourth-order valence-electron chi connectivity index (χ4n) is 3.20. The molecule has 11 nitrogen and oxygen atoms in total. The molecule has 2 aliphatic rings. The van der Waals surface area contributed by atoms with Crippen LogP contribution in [0.25, 0.3) is 0 Å². The number of benzene rings is 1. The molecule has 2 heterocycles. The number of thioether (sulfide) groups is 1. The molecule has 2 saturated heterocycles. The molecule has 0 aliphatic carbocycles. The van der Waals surface area contributed by atoms with Gasteiger partial charge in [0.05, 0.1) is 4.92 Å². The first kappa shape index (κ1) is 21.3. The minimum absolute atomic E-state index is 0.107. The lowest BCUT2D eigenvalue weighted by Crippen LogP contribution is -2.70. The van der Waals surface area contributed by atoms with Crippen molar-refractivity contribution >= 4 is 40.6 Å². The van der Waals surface area contributed by atoms with E-state index in [0.717, 1.165) is 16.7 Å². The number of nitrogens with zero attached hydrogens (tertiary/aromatic N) is 2. The Morgan fingerprint density at radius 2 is 1.97 bits per heavy atom. The van der Waals surface area contributed by atoms with Crippen molar-refractivity contribution in [1.82, 2.24) is 4.90 Å². The summed E-state index contributed by atoms with van der Waals surface area (Å²) in [6.45, 7) is 4.69. The van der Waals surface area contributed by atoms with Crippen LogP contribution in [0.1, 0.15) is 12.5 Å². The Hall–Kier alpha value is -3.41. The molecule has 0 spiro atoms. The Bertz CT molecular complexity index is 945. The summed E-state index contributed by atoms with van der Waals surface area (Å²) in [4.78, 5) is 58.9. The maximum Gasteiger partial charge on any atom is 0.508 e. The molecule has 158 valence electrons. The van der Waals surface area contributed by atoms with Crippen molar-refractivity contribution in [1.29, 1.82) is 0 Å². The van der Waals surface area contributed by atoms with Gasteiger partial charge < -0.3 is 19.5 Å². The Morgan fingerprint density at radius 1 is 1.33 bits per heavy atom. The van der Waals surface area contributed by atoms with Crippen LogP contribution in [-0.4, -0.2) is 55.6 Å². The first-order valence-electron chi connectivity index (χ1n) is 8.63. The zero-order valence-electron chi connectivity index (χ0n) is 15.5. The molecule has 2 fully saturated rings. The molecule has 0 bridgehead atoms. The smallest absolute Gasteiger partial charge is 0.479 e. The Kier molecular flexibility index (Phi) is 5.78. The molecule has 0 radical (unpaired) electrons. The highest BCUT2D eigenvalue weighted by atomic mass is 32.2. The van der Waals surface area contributed by atoms with E-state index in [1.807, 2.05) is 0 Å². The van der Waals surface area contributed by atoms with Crippen LogP contribution < -0.4 is 0 Å². The molecular formula is C18H16N2O9S. The van der Waals surface area contributed by atoms with Crippen molar-refractivity contribution in [2.75, 3.05) is 0 Å². The second kappa shape index (κ2) is 8.14. The van der Waals surface area contributed by atoms with Gasteiger partial charge >= 0.3 is 12.1 Å². The lowest BCUT2D eigenvalue weighted by molar-refractivity contribution is -0.384. The second-order valence-corrected chi connectivity index (χ2v) is 7.71. The molecule has 4 atom stereocenters. The number of nitro benzene ring substituents is 1. The van der Waals surface area contributed by atoms with E-state index >= 15 is 0 Å². The summed E-state index contributed by atoms with van der Waals surface area (Å²) >= 11 is 0.763. The maximum atomic E-state index is 12.5. The predicted octanol–water partition coefficient (Wildman–Crippen LogP) is 1.70. The minimum atomic E-state index is -1.44. The summed E-state index contributed by atoms with van der Waals surface area (Å²) < 4.78 is 10.1. The van der Waals surface area contributed by atoms with E-state index in [1.165, 1.54) is 31.2 Å². The molecular weight excluding hydrogens is 420 g/mol. The number of hydrogen-bond donors (Lipinski definition) is 1. The quantitative estimate of drug-likeness (QED) is 0.229. The van der Waals surface area contributed by atoms with Crippen molar-refractivity contribution in [2.45, 2.75) is 31.1 Å². The molecule has 30 heavy (non-hydrogen) atoms. The van der Waals surface area contributed by atoms with Crippen LogP contribution in [0.4, 0.5) is 10.5 Å². The molecule has 12 heteroatoms. The number of amides is 1. The van der Waals surface area contributed by atoms with Gasteiger partial charge in [0, 0.05) is 17.7 Å². The van der Waals surface area contributed by atoms with Crippen LogP contribution in [0.3, 0.4) is 0 Å². The van der Waals surface area contributed by atoms with Crippen LogP contribution in [-0.2, 0) is 30.5 Å². The average Bonchev–Trinajstić information content (AvgIpc) is 2.68. The van der Waals surface area contributed by atoms with Gasteiger partial charge in [-0.05, 0) is 24.6 Å². The third-order valence-corrected chi connectivity index (χ3v) is 5.98. The number of ether oxygens (including phenoxy) is 2. The Morgan fingerprint density at radius 3 is 2.53 bits per heavy atom. The SMILES string of the molecule is C=C1C(=O)S[C@H]2[C@@H]([C@@H](C)OC(=O)OCc3ccc([N+](=O)[O-])cc3)C(=O)N2C1C(=O)O. The minimum Gasteiger partial charge on any atom is -0.479 e. The highest BCUT2D eigenvalue weighted by Gasteiger charge is 2.60. The largest absolute Gasteiger partial charge is 0.508 e. The number of nitro groups is 1.